The highest BCUT2D eigenvalue weighted by Crippen LogP contribution is 2.06. The lowest BCUT2D eigenvalue weighted by Gasteiger charge is -2.07. The van der Waals surface area contributed by atoms with E-state index in [0.717, 1.165) is 31.4 Å². The number of amides is 2. The number of hydrazine groups is 1. The van der Waals surface area contributed by atoms with Gasteiger partial charge in [-0.05, 0) is 44.2 Å². The Balaban J connectivity index is 1.51. The minimum absolute atomic E-state index is 0.203. The Morgan fingerprint density at radius 1 is 1.12 bits per heavy atom. The smallest absolute Gasteiger partial charge is 0.426 e. The van der Waals surface area contributed by atoms with E-state index in [0.29, 0.717) is 6.61 Å². The SMILES string of the molecule is Cc1cc(C(=O)NNC(=O)OCCCCCc2ccccc2)n[nH]1. The molecule has 3 N–H and O–H groups in total. The van der Waals surface area contributed by atoms with Crippen LogP contribution in [0.5, 0.6) is 0 Å². The summed E-state index contributed by atoms with van der Waals surface area (Å²) in [5.74, 6) is -0.501. The van der Waals surface area contributed by atoms with Crippen molar-refractivity contribution in [1.29, 1.82) is 0 Å². The molecule has 2 rings (SSSR count). The second kappa shape index (κ2) is 9.34. The molecular weight excluding hydrogens is 308 g/mol. The molecule has 7 heteroatoms. The summed E-state index contributed by atoms with van der Waals surface area (Å²) in [6.45, 7) is 2.10. The molecule has 0 spiro atoms. The van der Waals surface area contributed by atoms with E-state index in [9.17, 15) is 9.59 Å². The highest BCUT2D eigenvalue weighted by molar-refractivity contribution is 5.93. The molecule has 0 fully saturated rings. The Morgan fingerprint density at radius 3 is 2.62 bits per heavy atom. The van der Waals surface area contributed by atoms with Crippen molar-refractivity contribution in [3.8, 4) is 0 Å². The van der Waals surface area contributed by atoms with Crippen LogP contribution in [0.3, 0.4) is 0 Å². The fraction of sp³-hybridized carbons (Fsp3) is 0.353. The molecule has 2 aromatic rings. The minimum atomic E-state index is -0.682. The van der Waals surface area contributed by atoms with Crippen LogP contribution in [0, 0.1) is 6.92 Å². The van der Waals surface area contributed by atoms with Gasteiger partial charge in [-0.1, -0.05) is 30.3 Å². The first kappa shape index (κ1) is 17.5. The van der Waals surface area contributed by atoms with Crippen LogP contribution in [0.2, 0.25) is 0 Å². The molecule has 0 atom stereocenters. The Bertz CT molecular complexity index is 655. The Labute approximate surface area is 140 Å². The lowest BCUT2D eigenvalue weighted by Crippen LogP contribution is -2.42. The zero-order chi connectivity index (χ0) is 17.2. The number of carbonyl (C=O) groups is 2. The molecule has 0 aliphatic rings. The molecule has 0 bridgehead atoms. The number of nitrogens with zero attached hydrogens (tertiary/aromatic N) is 1. The van der Waals surface area contributed by atoms with E-state index in [1.807, 2.05) is 18.2 Å². The fourth-order valence-corrected chi connectivity index (χ4v) is 2.16. The maximum atomic E-state index is 11.6. The molecule has 1 aromatic carbocycles. The van der Waals surface area contributed by atoms with Gasteiger partial charge in [0.1, 0.15) is 0 Å². The number of rotatable bonds is 7. The van der Waals surface area contributed by atoms with Crippen LogP contribution >= 0.6 is 0 Å². The summed E-state index contributed by atoms with van der Waals surface area (Å²) < 4.78 is 4.99. The monoisotopic (exact) mass is 330 g/mol. The van der Waals surface area contributed by atoms with E-state index < -0.39 is 12.0 Å². The number of ether oxygens (including phenoxy) is 1. The van der Waals surface area contributed by atoms with Crippen LogP contribution in [0.4, 0.5) is 4.79 Å². The third kappa shape index (κ3) is 6.12. The van der Waals surface area contributed by atoms with Gasteiger partial charge in [-0.25, -0.2) is 10.2 Å². The van der Waals surface area contributed by atoms with Gasteiger partial charge in [0.05, 0.1) is 6.61 Å². The molecule has 1 aromatic heterocycles. The van der Waals surface area contributed by atoms with Crippen molar-refractivity contribution < 1.29 is 14.3 Å². The highest BCUT2D eigenvalue weighted by atomic mass is 16.6. The summed E-state index contributed by atoms with van der Waals surface area (Å²) in [5, 5.41) is 6.43. The Morgan fingerprint density at radius 2 is 1.92 bits per heavy atom. The molecule has 0 saturated heterocycles. The van der Waals surface area contributed by atoms with E-state index in [1.165, 1.54) is 5.56 Å². The molecule has 128 valence electrons. The largest absolute Gasteiger partial charge is 0.448 e. The Kier molecular flexibility index (Phi) is 6.82. The number of aromatic amines is 1. The molecule has 0 unspecified atom stereocenters. The maximum Gasteiger partial charge on any atom is 0.426 e. The van der Waals surface area contributed by atoms with Crippen molar-refractivity contribution >= 4 is 12.0 Å². The summed E-state index contributed by atoms with van der Waals surface area (Å²) in [4.78, 5) is 23.1. The van der Waals surface area contributed by atoms with Crippen molar-refractivity contribution in [2.75, 3.05) is 6.61 Å². The van der Waals surface area contributed by atoms with E-state index in [-0.39, 0.29) is 5.69 Å². The fourth-order valence-electron chi connectivity index (χ4n) is 2.16. The second-order valence-electron chi connectivity index (χ2n) is 5.45. The quantitative estimate of drug-likeness (QED) is 0.537. The summed E-state index contributed by atoms with van der Waals surface area (Å²) in [6.07, 6.45) is 3.14. The molecule has 0 aliphatic heterocycles. The van der Waals surface area contributed by atoms with Crippen molar-refractivity contribution in [2.24, 2.45) is 0 Å². The second-order valence-corrected chi connectivity index (χ2v) is 5.45. The predicted molar refractivity (Wildman–Crippen MR) is 89.3 cm³/mol. The molecule has 1 heterocycles. The van der Waals surface area contributed by atoms with Crippen molar-refractivity contribution in [1.82, 2.24) is 21.0 Å². The van der Waals surface area contributed by atoms with E-state index in [1.54, 1.807) is 13.0 Å². The molecule has 0 radical (unpaired) electrons. The first-order chi connectivity index (χ1) is 11.6. The van der Waals surface area contributed by atoms with Gasteiger partial charge in [0.25, 0.3) is 5.91 Å². The van der Waals surface area contributed by atoms with Crippen LogP contribution in [0.25, 0.3) is 0 Å². The summed E-state index contributed by atoms with van der Waals surface area (Å²) in [5.41, 5.74) is 6.71. The van der Waals surface area contributed by atoms with E-state index in [4.69, 9.17) is 4.74 Å². The van der Waals surface area contributed by atoms with E-state index in [2.05, 4.69) is 33.2 Å². The van der Waals surface area contributed by atoms with Gasteiger partial charge in [0, 0.05) is 5.69 Å². The van der Waals surface area contributed by atoms with E-state index >= 15 is 0 Å². The molecule has 7 nitrogen and oxygen atoms in total. The van der Waals surface area contributed by atoms with Gasteiger partial charge in [0.15, 0.2) is 5.69 Å². The zero-order valence-electron chi connectivity index (χ0n) is 13.7. The van der Waals surface area contributed by atoms with Crippen molar-refractivity contribution in [3.05, 3.63) is 53.3 Å². The minimum Gasteiger partial charge on any atom is -0.448 e. The summed E-state index contributed by atoms with van der Waals surface area (Å²) >= 11 is 0. The number of aryl methyl sites for hydroxylation is 2. The molecular formula is C17H22N4O3. The number of H-pyrrole nitrogens is 1. The van der Waals surface area contributed by atoms with Gasteiger partial charge in [-0.15, -0.1) is 0 Å². The number of aromatic nitrogens is 2. The van der Waals surface area contributed by atoms with Gasteiger partial charge in [-0.3, -0.25) is 15.3 Å². The number of nitrogens with one attached hydrogen (secondary N) is 3. The molecule has 0 saturated carbocycles. The van der Waals surface area contributed by atoms with Gasteiger partial charge in [-0.2, -0.15) is 5.10 Å². The molecule has 0 aliphatic carbocycles. The lowest BCUT2D eigenvalue weighted by atomic mass is 10.1. The number of carbonyl (C=O) groups excluding carboxylic acids is 2. The number of benzene rings is 1. The van der Waals surface area contributed by atoms with Gasteiger partial charge < -0.3 is 4.74 Å². The van der Waals surface area contributed by atoms with Crippen LogP contribution in [-0.2, 0) is 11.2 Å². The number of unbranched alkanes of at least 4 members (excludes halogenated alkanes) is 2. The topological polar surface area (TPSA) is 96.1 Å². The van der Waals surface area contributed by atoms with Gasteiger partial charge in [0.2, 0.25) is 0 Å². The third-order valence-electron chi connectivity index (χ3n) is 3.40. The normalized spacial score (nSPS) is 10.2. The number of hydrogen-bond donors (Lipinski definition) is 3. The summed E-state index contributed by atoms with van der Waals surface area (Å²) in [7, 11) is 0. The molecule has 2 amide bonds. The highest BCUT2D eigenvalue weighted by Gasteiger charge is 2.10. The zero-order valence-corrected chi connectivity index (χ0v) is 13.7. The summed E-state index contributed by atoms with van der Waals surface area (Å²) in [6, 6.07) is 11.8. The average Bonchev–Trinajstić information content (AvgIpc) is 3.03. The maximum absolute atomic E-state index is 11.6. The van der Waals surface area contributed by atoms with Crippen molar-refractivity contribution in [3.63, 3.8) is 0 Å². The lowest BCUT2D eigenvalue weighted by molar-refractivity contribution is 0.0903. The molecule has 24 heavy (non-hydrogen) atoms. The third-order valence-corrected chi connectivity index (χ3v) is 3.40. The number of hydrogen-bond acceptors (Lipinski definition) is 4. The van der Waals surface area contributed by atoms with Gasteiger partial charge >= 0.3 is 6.09 Å². The standard InChI is InChI=1S/C17H22N4O3/c1-13-12-15(19-18-13)16(22)20-21-17(23)24-11-7-3-6-10-14-8-4-2-5-9-14/h2,4-5,8-9,12H,3,6-7,10-11H2,1H3,(H,18,19)(H,20,22)(H,21,23). The predicted octanol–water partition coefficient (Wildman–Crippen LogP) is 2.50. The average molecular weight is 330 g/mol. The first-order valence-corrected chi connectivity index (χ1v) is 7.94. The Hall–Kier alpha value is -2.83. The van der Waals surface area contributed by atoms with Crippen LogP contribution in [-0.4, -0.2) is 28.8 Å². The van der Waals surface area contributed by atoms with Crippen LogP contribution in [0.15, 0.2) is 36.4 Å². The van der Waals surface area contributed by atoms with Crippen molar-refractivity contribution in [2.45, 2.75) is 32.6 Å². The first-order valence-electron chi connectivity index (χ1n) is 7.94. The van der Waals surface area contributed by atoms with Crippen LogP contribution < -0.4 is 10.9 Å². The van der Waals surface area contributed by atoms with Crippen LogP contribution in [0.1, 0.15) is 41.0 Å².